The summed E-state index contributed by atoms with van der Waals surface area (Å²) in [5.41, 5.74) is 0.769. The van der Waals surface area contributed by atoms with Gasteiger partial charge in [-0.2, -0.15) is 0 Å². The number of ether oxygens (including phenoxy) is 2. The first-order chi connectivity index (χ1) is 12.6. The molecule has 6 nitrogen and oxygen atoms in total. The molecule has 0 aromatic heterocycles. The van der Waals surface area contributed by atoms with Gasteiger partial charge in [0, 0.05) is 18.5 Å². The number of carbonyl (C=O) groups is 2. The van der Waals surface area contributed by atoms with Crippen LogP contribution in [-0.2, 0) is 14.3 Å². The van der Waals surface area contributed by atoms with Crippen LogP contribution in [0.2, 0.25) is 0 Å². The summed E-state index contributed by atoms with van der Waals surface area (Å²) in [7, 11) is 1.38. The minimum absolute atomic E-state index is 0.0508. The van der Waals surface area contributed by atoms with Crippen LogP contribution in [0.3, 0.4) is 0 Å². The molecular formula is C20H30N2O4. The molecule has 2 unspecified atom stereocenters. The van der Waals surface area contributed by atoms with Crippen LogP contribution in [0.1, 0.15) is 39.0 Å². The van der Waals surface area contributed by atoms with Crippen molar-refractivity contribution in [3.05, 3.63) is 24.3 Å². The van der Waals surface area contributed by atoms with E-state index in [0.29, 0.717) is 37.7 Å². The molecule has 2 rings (SSSR count). The van der Waals surface area contributed by atoms with Crippen molar-refractivity contribution >= 4 is 17.6 Å². The van der Waals surface area contributed by atoms with Gasteiger partial charge in [-0.05, 0) is 68.5 Å². The van der Waals surface area contributed by atoms with Crippen molar-refractivity contribution < 1.29 is 19.1 Å². The lowest BCUT2D eigenvalue weighted by Gasteiger charge is -2.28. The highest BCUT2D eigenvalue weighted by Gasteiger charge is 2.22. The number of hydrogen-bond donors (Lipinski definition) is 2. The lowest BCUT2D eigenvalue weighted by molar-refractivity contribution is -0.140. The van der Waals surface area contributed by atoms with Crippen LogP contribution in [0.15, 0.2) is 24.3 Å². The fourth-order valence-electron chi connectivity index (χ4n) is 3.18. The molecule has 0 radical (unpaired) electrons. The van der Waals surface area contributed by atoms with Gasteiger partial charge in [0.25, 0.3) is 0 Å². The third-order valence-corrected chi connectivity index (χ3v) is 4.81. The molecule has 1 fully saturated rings. The Morgan fingerprint density at radius 2 is 2.08 bits per heavy atom. The zero-order valence-electron chi connectivity index (χ0n) is 15.8. The maximum absolute atomic E-state index is 12.2. The van der Waals surface area contributed by atoms with Crippen LogP contribution in [0, 0.1) is 11.8 Å². The van der Waals surface area contributed by atoms with E-state index in [1.807, 2.05) is 24.3 Å². The number of rotatable bonds is 9. The minimum atomic E-state index is -0.232. The normalized spacial score (nSPS) is 18.0. The summed E-state index contributed by atoms with van der Waals surface area (Å²) < 4.78 is 10.2. The van der Waals surface area contributed by atoms with Crippen LogP contribution in [0.25, 0.3) is 0 Å². The van der Waals surface area contributed by atoms with Crippen molar-refractivity contribution in [3.63, 3.8) is 0 Å². The maximum atomic E-state index is 12.2. The van der Waals surface area contributed by atoms with Crippen LogP contribution >= 0.6 is 0 Å². The third kappa shape index (κ3) is 7.04. The van der Waals surface area contributed by atoms with Crippen LogP contribution in [0.5, 0.6) is 5.75 Å². The molecule has 1 heterocycles. The molecule has 144 valence electrons. The monoisotopic (exact) mass is 362 g/mol. The molecular weight excluding hydrogens is 332 g/mol. The zero-order valence-corrected chi connectivity index (χ0v) is 15.8. The highest BCUT2D eigenvalue weighted by atomic mass is 16.5. The van der Waals surface area contributed by atoms with E-state index < -0.39 is 0 Å². The minimum Gasteiger partial charge on any atom is -0.494 e. The van der Waals surface area contributed by atoms with Crippen molar-refractivity contribution in [3.8, 4) is 5.75 Å². The smallest absolute Gasteiger partial charge is 0.305 e. The van der Waals surface area contributed by atoms with E-state index in [9.17, 15) is 9.59 Å². The fraction of sp³-hybridized carbons (Fsp3) is 0.600. The van der Waals surface area contributed by atoms with Crippen molar-refractivity contribution in [1.29, 1.82) is 0 Å². The molecule has 1 aromatic carbocycles. The molecule has 1 aromatic rings. The van der Waals surface area contributed by atoms with Crippen LogP contribution in [0.4, 0.5) is 5.69 Å². The number of carbonyl (C=O) groups excluding carboxylic acids is 2. The van der Waals surface area contributed by atoms with E-state index in [1.165, 1.54) is 20.0 Å². The molecule has 0 spiro atoms. The van der Waals surface area contributed by atoms with Gasteiger partial charge in [-0.15, -0.1) is 0 Å². The Kier molecular flexibility index (Phi) is 8.41. The van der Waals surface area contributed by atoms with E-state index in [0.717, 1.165) is 24.5 Å². The van der Waals surface area contributed by atoms with Gasteiger partial charge in [0.1, 0.15) is 5.75 Å². The summed E-state index contributed by atoms with van der Waals surface area (Å²) >= 11 is 0. The predicted octanol–water partition coefficient (Wildman–Crippen LogP) is 2.98. The number of methoxy groups -OCH3 is 1. The fourth-order valence-corrected chi connectivity index (χ4v) is 3.18. The first-order valence-electron chi connectivity index (χ1n) is 9.38. The average Bonchev–Trinajstić information content (AvgIpc) is 2.66. The summed E-state index contributed by atoms with van der Waals surface area (Å²) in [5, 5.41) is 6.36. The van der Waals surface area contributed by atoms with Crippen LogP contribution < -0.4 is 15.4 Å². The van der Waals surface area contributed by atoms with E-state index in [4.69, 9.17) is 4.74 Å². The third-order valence-electron chi connectivity index (χ3n) is 4.81. The van der Waals surface area contributed by atoms with Crippen molar-refractivity contribution in [2.75, 3.05) is 32.1 Å². The number of nitrogens with one attached hydrogen (secondary N) is 2. The standard InChI is InChI=1S/C20H30N2O4/c1-15(16-5-3-11-21-14-16)13-19(23)22-17-7-9-18(10-8-17)26-12-4-6-20(24)25-2/h7-10,15-16,21H,3-6,11-14H2,1-2H3,(H,22,23). The molecule has 26 heavy (non-hydrogen) atoms. The SMILES string of the molecule is COC(=O)CCCOc1ccc(NC(=O)CC(C)C2CCCNC2)cc1. The number of anilines is 1. The molecule has 0 saturated carbocycles. The van der Waals surface area contributed by atoms with Gasteiger partial charge in [-0.25, -0.2) is 0 Å². The second kappa shape index (κ2) is 10.8. The van der Waals surface area contributed by atoms with Crippen molar-refractivity contribution in [2.24, 2.45) is 11.8 Å². The highest BCUT2D eigenvalue weighted by molar-refractivity contribution is 5.90. The Balaban J connectivity index is 1.70. The lowest BCUT2D eigenvalue weighted by Crippen LogP contribution is -2.34. The van der Waals surface area contributed by atoms with Crippen molar-refractivity contribution in [2.45, 2.75) is 39.0 Å². The Hall–Kier alpha value is -2.08. The molecule has 1 amide bonds. The summed E-state index contributed by atoms with van der Waals surface area (Å²) in [4.78, 5) is 23.3. The van der Waals surface area contributed by atoms with Crippen molar-refractivity contribution in [1.82, 2.24) is 5.32 Å². The molecule has 1 aliphatic rings. The molecule has 6 heteroatoms. The first kappa shape index (κ1) is 20.2. The number of esters is 1. The van der Waals surface area contributed by atoms with E-state index >= 15 is 0 Å². The molecule has 1 saturated heterocycles. The zero-order chi connectivity index (χ0) is 18.8. The second-order valence-electron chi connectivity index (χ2n) is 6.89. The largest absolute Gasteiger partial charge is 0.494 e. The number of piperidine rings is 1. The molecule has 2 atom stereocenters. The molecule has 0 aliphatic carbocycles. The quantitative estimate of drug-likeness (QED) is 0.522. The molecule has 2 N–H and O–H groups in total. The summed E-state index contributed by atoms with van der Waals surface area (Å²) in [6.45, 7) is 4.71. The topological polar surface area (TPSA) is 76.7 Å². The second-order valence-corrected chi connectivity index (χ2v) is 6.89. The average molecular weight is 362 g/mol. The Bertz CT molecular complexity index is 568. The van der Waals surface area contributed by atoms with Gasteiger partial charge < -0.3 is 20.1 Å². The van der Waals surface area contributed by atoms with Gasteiger partial charge in [-0.3, -0.25) is 9.59 Å². The predicted molar refractivity (Wildman–Crippen MR) is 101 cm³/mol. The van der Waals surface area contributed by atoms with Gasteiger partial charge in [0.15, 0.2) is 0 Å². The number of benzene rings is 1. The van der Waals surface area contributed by atoms with Gasteiger partial charge in [0.05, 0.1) is 13.7 Å². The van der Waals surface area contributed by atoms with Gasteiger partial charge in [0.2, 0.25) is 5.91 Å². The van der Waals surface area contributed by atoms with Gasteiger partial charge in [-0.1, -0.05) is 6.92 Å². The molecule has 0 bridgehead atoms. The van der Waals surface area contributed by atoms with E-state index in [2.05, 4.69) is 22.3 Å². The molecule has 1 aliphatic heterocycles. The lowest BCUT2D eigenvalue weighted by atomic mass is 9.85. The summed E-state index contributed by atoms with van der Waals surface area (Å²) in [6, 6.07) is 7.31. The van der Waals surface area contributed by atoms with Crippen LogP contribution in [-0.4, -0.2) is 38.7 Å². The Morgan fingerprint density at radius 3 is 2.73 bits per heavy atom. The van der Waals surface area contributed by atoms with E-state index in [1.54, 1.807) is 0 Å². The Morgan fingerprint density at radius 1 is 1.31 bits per heavy atom. The summed E-state index contributed by atoms with van der Waals surface area (Å²) in [5.74, 6) is 1.49. The summed E-state index contributed by atoms with van der Waals surface area (Å²) in [6.07, 6.45) is 3.89. The van der Waals surface area contributed by atoms with E-state index in [-0.39, 0.29) is 11.9 Å². The highest BCUT2D eigenvalue weighted by Crippen LogP contribution is 2.23. The number of hydrogen-bond acceptors (Lipinski definition) is 5. The number of amides is 1. The maximum Gasteiger partial charge on any atom is 0.305 e. The first-order valence-corrected chi connectivity index (χ1v) is 9.38. The Labute approximate surface area is 155 Å². The van der Waals surface area contributed by atoms with Gasteiger partial charge >= 0.3 is 5.97 Å².